The van der Waals surface area contributed by atoms with Gasteiger partial charge in [0.25, 0.3) is 0 Å². The Morgan fingerprint density at radius 3 is 2.54 bits per heavy atom. The molecular formula is C31H35FN2O3. The Bertz CT molecular complexity index is 1260. The van der Waals surface area contributed by atoms with Gasteiger partial charge in [-0.3, -0.25) is 9.69 Å². The summed E-state index contributed by atoms with van der Waals surface area (Å²) in [5.74, 6) is 0.117. The SMILES string of the molecule is CC(C)Oc1cc(CN2CC[C@]3(CC(c4ccccc4)C(=O)N3c3cccc(F)c3)C[C@@H]2C)ccc1O. The number of hydrogen-bond donors (Lipinski definition) is 1. The molecule has 0 aromatic heterocycles. The molecule has 2 aliphatic rings. The number of likely N-dealkylation sites (tertiary alicyclic amines) is 1. The molecule has 2 fully saturated rings. The zero-order valence-corrected chi connectivity index (χ0v) is 21.7. The Morgan fingerprint density at radius 2 is 1.84 bits per heavy atom. The number of phenolic OH excluding ortho intramolecular Hbond substituents is 1. The minimum Gasteiger partial charge on any atom is -0.504 e. The van der Waals surface area contributed by atoms with E-state index < -0.39 is 0 Å². The molecule has 6 heteroatoms. The van der Waals surface area contributed by atoms with Crippen LogP contribution in [0.5, 0.6) is 11.5 Å². The Balaban J connectivity index is 1.41. The molecule has 1 spiro atoms. The fourth-order valence-corrected chi connectivity index (χ4v) is 6.13. The van der Waals surface area contributed by atoms with E-state index in [1.807, 2.05) is 67.3 Å². The van der Waals surface area contributed by atoms with Gasteiger partial charge in [0.2, 0.25) is 5.91 Å². The van der Waals surface area contributed by atoms with Crippen LogP contribution in [0, 0.1) is 5.82 Å². The summed E-state index contributed by atoms with van der Waals surface area (Å²) >= 11 is 0. The lowest BCUT2D eigenvalue weighted by Crippen LogP contribution is -2.56. The molecule has 3 aromatic carbocycles. The summed E-state index contributed by atoms with van der Waals surface area (Å²) in [6, 6.07) is 22.1. The maximum absolute atomic E-state index is 14.3. The lowest BCUT2D eigenvalue weighted by molar-refractivity contribution is -0.118. The molecular weight excluding hydrogens is 467 g/mol. The average Bonchev–Trinajstić information content (AvgIpc) is 3.14. The normalized spacial score (nSPS) is 24.2. The van der Waals surface area contributed by atoms with Gasteiger partial charge in [-0.1, -0.05) is 42.5 Å². The highest BCUT2D eigenvalue weighted by Crippen LogP contribution is 2.49. The number of hydrogen-bond acceptors (Lipinski definition) is 4. The monoisotopic (exact) mass is 502 g/mol. The van der Waals surface area contributed by atoms with Gasteiger partial charge in [0, 0.05) is 24.8 Å². The first-order chi connectivity index (χ1) is 17.8. The van der Waals surface area contributed by atoms with Crippen LogP contribution in [0.4, 0.5) is 10.1 Å². The molecule has 5 nitrogen and oxygen atoms in total. The summed E-state index contributed by atoms with van der Waals surface area (Å²) in [6.45, 7) is 7.62. The van der Waals surface area contributed by atoms with E-state index in [1.165, 1.54) is 12.1 Å². The van der Waals surface area contributed by atoms with Crippen molar-refractivity contribution in [2.75, 3.05) is 11.4 Å². The van der Waals surface area contributed by atoms with Crippen molar-refractivity contribution in [1.29, 1.82) is 0 Å². The quantitative estimate of drug-likeness (QED) is 0.432. The van der Waals surface area contributed by atoms with E-state index in [-0.39, 0.29) is 41.1 Å². The van der Waals surface area contributed by atoms with Crippen LogP contribution in [-0.4, -0.2) is 40.1 Å². The van der Waals surface area contributed by atoms with Crippen molar-refractivity contribution in [3.05, 3.63) is 89.7 Å². The van der Waals surface area contributed by atoms with Gasteiger partial charge in [0.1, 0.15) is 5.82 Å². The highest BCUT2D eigenvalue weighted by molar-refractivity contribution is 6.02. The van der Waals surface area contributed by atoms with Crippen LogP contribution in [0.1, 0.15) is 57.1 Å². The van der Waals surface area contributed by atoms with Crippen LogP contribution in [0.25, 0.3) is 0 Å². The third-order valence-corrected chi connectivity index (χ3v) is 7.78. The number of amides is 1. The first-order valence-corrected chi connectivity index (χ1v) is 13.1. The second kappa shape index (κ2) is 10.2. The van der Waals surface area contributed by atoms with Gasteiger partial charge in [-0.05, 0) is 81.5 Å². The van der Waals surface area contributed by atoms with Crippen molar-refractivity contribution >= 4 is 11.6 Å². The zero-order valence-electron chi connectivity index (χ0n) is 21.7. The van der Waals surface area contributed by atoms with Gasteiger partial charge < -0.3 is 14.7 Å². The molecule has 5 rings (SSSR count). The molecule has 0 bridgehead atoms. The largest absolute Gasteiger partial charge is 0.504 e. The average molecular weight is 503 g/mol. The summed E-state index contributed by atoms with van der Waals surface area (Å²) in [7, 11) is 0. The number of carbonyl (C=O) groups excluding carboxylic acids is 1. The molecule has 3 atom stereocenters. The second-order valence-corrected chi connectivity index (χ2v) is 10.8. The topological polar surface area (TPSA) is 53.0 Å². The summed E-state index contributed by atoms with van der Waals surface area (Å²) < 4.78 is 20.0. The fraction of sp³-hybridized carbons (Fsp3) is 0.387. The van der Waals surface area contributed by atoms with Crippen LogP contribution in [0.3, 0.4) is 0 Å². The van der Waals surface area contributed by atoms with Crippen molar-refractivity contribution < 1.29 is 19.0 Å². The smallest absolute Gasteiger partial charge is 0.235 e. The lowest BCUT2D eigenvalue weighted by atomic mass is 9.78. The third-order valence-electron chi connectivity index (χ3n) is 7.78. The van der Waals surface area contributed by atoms with Crippen LogP contribution in [0.2, 0.25) is 0 Å². The summed E-state index contributed by atoms with van der Waals surface area (Å²) in [6.07, 6.45) is 2.29. The van der Waals surface area contributed by atoms with Gasteiger partial charge in [0.05, 0.1) is 17.6 Å². The molecule has 0 radical (unpaired) electrons. The number of rotatable bonds is 6. The van der Waals surface area contributed by atoms with Gasteiger partial charge in [-0.2, -0.15) is 0 Å². The highest BCUT2D eigenvalue weighted by atomic mass is 19.1. The van der Waals surface area contributed by atoms with E-state index in [9.17, 15) is 14.3 Å². The van der Waals surface area contributed by atoms with Crippen molar-refractivity contribution in [2.24, 2.45) is 0 Å². The molecule has 1 unspecified atom stereocenters. The standard InChI is InChI=1S/C31H35FN2O3/c1-21(2)37-29-16-23(12-13-28(29)35)20-33-15-14-31(18-22(33)3)19-27(24-8-5-4-6-9-24)30(36)34(31)26-11-7-10-25(32)17-26/h4-13,16-17,21-22,27,35H,14-15,18-20H2,1-3H3/t22-,27?,31+/m0/s1. The van der Waals surface area contributed by atoms with Crippen molar-refractivity contribution in [2.45, 2.75) is 70.2 Å². The molecule has 2 heterocycles. The Hall–Kier alpha value is -3.38. The Labute approximate surface area is 218 Å². The molecule has 1 N–H and O–H groups in total. The van der Waals surface area contributed by atoms with Crippen LogP contribution < -0.4 is 9.64 Å². The number of anilines is 1. The van der Waals surface area contributed by atoms with Crippen LogP contribution in [-0.2, 0) is 11.3 Å². The van der Waals surface area contributed by atoms with Gasteiger partial charge in [-0.25, -0.2) is 4.39 Å². The first-order valence-electron chi connectivity index (χ1n) is 13.1. The molecule has 37 heavy (non-hydrogen) atoms. The number of piperidine rings is 1. The Kier molecular flexibility index (Phi) is 6.95. The van der Waals surface area contributed by atoms with Crippen molar-refractivity contribution in [3.63, 3.8) is 0 Å². The summed E-state index contributed by atoms with van der Waals surface area (Å²) in [4.78, 5) is 18.2. The van der Waals surface area contributed by atoms with Gasteiger partial charge >= 0.3 is 0 Å². The number of phenols is 1. The van der Waals surface area contributed by atoms with Crippen LogP contribution in [0.15, 0.2) is 72.8 Å². The maximum atomic E-state index is 14.3. The third kappa shape index (κ3) is 5.08. The number of carbonyl (C=O) groups is 1. The first kappa shape index (κ1) is 25.3. The van der Waals surface area contributed by atoms with E-state index in [0.717, 1.165) is 43.5 Å². The van der Waals surface area contributed by atoms with Crippen molar-refractivity contribution in [3.8, 4) is 11.5 Å². The van der Waals surface area contributed by atoms with Crippen molar-refractivity contribution in [1.82, 2.24) is 4.90 Å². The lowest BCUT2D eigenvalue weighted by Gasteiger charge is -2.48. The minimum atomic E-state index is -0.373. The molecule has 3 aromatic rings. The molecule has 1 amide bonds. The predicted molar refractivity (Wildman–Crippen MR) is 143 cm³/mol. The number of nitrogens with zero attached hydrogens (tertiary/aromatic N) is 2. The number of ether oxygens (including phenoxy) is 1. The van der Waals surface area contributed by atoms with E-state index in [2.05, 4.69) is 11.8 Å². The maximum Gasteiger partial charge on any atom is 0.235 e. The molecule has 2 saturated heterocycles. The van der Waals surface area contributed by atoms with E-state index >= 15 is 0 Å². The second-order valence-electron chi connectivity index (χ2n) is 10.8. The van der Waals surface area contributed by atoms with Gasteiger partial charge in [-0.15, -0.1) is 0 Å². The molecule has 2 aliphatic heterocycles. The van der Waals surface area contributed by atoms with Gasteiger partial charge in [0.15, 0.2) is 11.5 Å². The van der Waals surface area contributed by atoms with E-state index in [1.54, 1.807) is 12.1 Å². The molecule has 194 valence electrons. The predicted octanol–water partition coefficient (Wildman–Crippen LogP) is 6.26. The Morgan fingerprint density at radius 1 is 1.05 bits per heavy atom. The highest BCUT2D eigenvalue weighted by Gasteiger charge is 2.54. The van der Waals surface area contributed by atoms with Crippen LogP contribution >= 0.6 is 0 Å². The fourth-order valence-electron chi connectivity index (χ4n) is 6.13. The summed E-state index contributed by atoms with van der Waals surface area (Å²) in [5, 5.41) is 10.2. The zero-order chi connectivity index (χ0) is 26.2. The number of halogens is 1. The summed E-state index contributed by atoms with van der Waals surface area (Å²) in [5.41, 5.74) is 2.35. The van der Waals surface area contributed by atoms with E-state index in [0.29, 0.717) is 11.4 Å². The van der Waals surface area contributed by atoms with E-state index in [4.69, 9.17) is 4.74 Å². The number of aromatic hydroxyl groups is 1. The number of benzene rings is 3. The minimum absolute atomic E-state index is 0.0267. The molecule has 0 aliphatic carbocycles. The molecule has 0 saturated carbocycles.